The van der Waals surface area contributed by atoms with Crippen LogP contribution in [0, 0.1) is 6.92 Å². The number of nitrogens with zero attached hydrogens (tertiary/aromatic N) is 3. The monoisotopic (exact) mass is 248 g/mol. The summed E-state index contributed by atoms with van der Waals surface area (Å²) in [6, 6.07) is 4.39. The number of nitrogens with one attached hydrogen (secondary N) is 1. The quantitative estimate of drug-likeness (QED) is 0.869. The lowest BCUT2D eigenvalue weighted by Crippen LogP contribution is -2.44. The number of hydrogen-bond acceptors (Lipinski definition) is 4. The first kappa shape index (κ1) is 13.3. The Balaban J connectivity index is 2.09. The maximum absolute atomic E-state index is 4.67. The first-order valence-corrected chi connectivity index (χ1v) is 6.81. The SMILES string of the molecule is CCNCc1cc(C)nc(N2CCN(C)CC2)c1. The lowest BCUT2D eigenvalue weighted by atomic mass is 10.2. The van der Waals surface area contributed by atoms with Gasteiger partial charge in [0.25, 0.3) is 0 Å². The lowest BCUT2D eigenvalue weighted by Gasteiger charge is -2.33. The average molecular weight is 248 g/mol. The first-order chi connectivity index (χ1) is 8.69. The van der Waals surface area contributed by atoms with Gasteiger partial charge >= 0.3 is 0 Å². The van der Waals surface area contributed by atoms with E-state index < -0.39 is 0 Å². The van der Waals surface area contributed by atoms with E-state index in [0.717, 1.165) is 50.8 Å². The number of aromatic nitrogens is 1. The van der Waals surface area contributed by atoms with Crippen molar-refractivity contribution in [2.75, 3.05) is 44.7 Å². The third kappa shape index (κ3) is 3.43. The third-order valence-electron chi connectivity index (χ3n) is 3.41. The number of likely N-dealkylation sites (N-methyl/N-ethyl adjacent to an activating group) is 1. The van der Waals surface area contributed by atoms with Gasteiger partial charge in [0.2, 0.25) is 0 Å². The summed E-state index contributed by atoms with van der Waals surface area (Å²) in [4.78, 5) is 9.43. The summed E-state index contributed by atoms with van der Waals surface area (Å²) in [7, 11) is 2.18. The molecule has 0 amide bonds. The minimum absolute atomic E-state index is 0.931. The van der Waals surface area contributed by atoms with Gasteiger partial charge in [0.15, 0.2) is 0 Å². The summed E-state index contributed by atoms with van der Waals surface area (Å²) in [5, 5.41) is 3.37. The Bertz CT molecular complexity index is 383. The van der Waals surface area contributed by atoms with Crippen molar-refractivity contribution in [2.24, 2.45) is 0 Å². The van der Waals surface area contributed by atoms with Crippen LogP contribution in [0.4, 0.5) is 5.82 Å². The fourth-order valence-corrected chi connectivity index (χ4v) is 2.29. The van der Waals surface area contributed by atoms with Gasteiger partial charge in [0.05, 0.1) is 0 Å². The van der Waals surface area contributed by atoms with Crippen LogP contribution >= 0.6 is 0 Å². The summed E-state index contributed by atoms with van der Waals surface area (Å²) >= 11 is 0. The van der Waals surface area contributed by atoms with Gasteiger partial charge in [-0.15, -0.1) is 0 Å². The molecule has 4 nitrogen and oxygen atoms in total. The molecule has 0 radical (unpaired) electrons. The molecule has 1 aliphatic heterocycles. The molecule has 18 heavy (non-hydrogen) atoms. The van der Waals surface area contributed by atoms with Gasteiger partial charge in [-0.25, -0.2) is 4.98 Å². The van der Waals surface area contributed by atoms with Crippen molar-refractivity contribution >= 4 is 5.82 Å². The predicted octanol–water partition coefficient (Wildman–Crippen LogP) is 1.25. The van der Waals surface area contributed by atoms with Gasteiger partial charge < -0.3 is 15.1 Å². The average Bonchev–Trinajstić information content (AvgIpc) is 2.36. The Kier molecular flexibility index (Phi) is 4.55. The van der Waals surface area contributed by atoms with Crippen molar-refractivity contribution in [3.8, 4) is 0 Å². The zero-order valence-electron chi connectivity index (χ0n) is 11.7. The molecular weight excluding hydrogens is 224 g/mol. The first-order valence-electron chi connectivity index (χ1n) is 6.81. The minimum Gasteiger partial charge on any atom is -0.354 e. The zero-order chi connectivity index (χ0) is 13.0. The molecular formula is C14H24N4. The second kappa shape index (κ2) is 6.16. The van der Waals surface area contributed by atoms with Crippen LogP contribution in [0.2, 0.25) is 0 Å². The zero-order valence-corrected chi connectivity index (χ0v) is 11.7. The molecule has 0 aromatic carbocycles. The molecule has 4 heteroatoms. The number of pyridine rings is 1. The van der Waals surface area contributed by atoms with Crippen LogP contribution in [0.25, 0.3) is 0 Å². The Morgan fingerprint density at radius 3 is 2.61 bits per heavy atom. The molecule has 0 saturated carbocycles. The second-order valence-electron chi connectivity index (χ2n) is 5.05. The van der Waals surface area contributed by atoms with Crippen LogP contribution in [-0.2, 0) is 6.54 Å². The molecule has 0 aliphatic carbocycles. The van der Waals surface area contributed by atoms with Crippen molar-refractivity contribution in [2.45, 2.75) is 20.4 Å². The smallest absolute Gasteiger partial charge is 0.129 e. The second-order valence-corrected chi connectivity index (χ2v) is 5.05. The highest BCUT2D eigenvalue weighted by Crippen LogP contribution is 2.16. The Morgan fingerprint density at radius 1 is 1.22 bits per heavy atom. The number of piperazine rings is 1. The maximum Gasteiger partial charge on any atom is 0.129 e. The summed E-state index contributed by atoms with van der Waals surface area (Å²) in [6.07, 6.45) is 0. The molecule has 0 atom stereocenters. The van der Waals surface area contributed by atoms with E-state index in [2.05, 4.69) is 53.1 Å². The normalized spacial score (nSPS) is 17.2. The third-order valence-corrected chi connectivity index (χ3v) is 3.41. The van der Waals surface area contributed by atoms with E-state index in [1.165, 1.54) is 5.56 Å². The highest BCUT2D eigenvalue weighted by atomic mass is 15.3. The van der Waals surface area contributed by atoms with Gasteiger partial charge in [0.1, 0.15) is 5.82 Å². The van der Waals surface area contributed by atoms with Gasteiger partial charge in [0, 0.05) is 38.4 Å². The standard InChI is InChI=1S/C14H24N4/c1-4-15-11-13-9-12(2)16-14(10-13)18-7-5-17(3)6-8-18/h9-10,15H,4-8,11H2,1-3H3. The van der Waals surface area contributed by atoms with E-state index in [4.69, 9.17) is 0 Å². The Hall–Kier alpha value is -1.13. The topological polar surface area (TPSA) is 31.4 Å². The number of hydrogen-bond donors (Lipinski definition) is 1. The van der Waals surface area contributed by atoms with Gasteiger partial charge in [-0.2, -0.15) is 0 Å². The molecule has 100 valence electrons. The molecule has 1 N–H and O–H groups in total. The largest absolute Gasteiger partial charge is 0.354 e. The highest BCUT2D eigenvalue weighted by molar-refractivity contribution is 5.43. The van der Waals surface area contributed by atoms with Gasteiger partial charge in [-0.05, 0) is 38.2 Å². The number of anilines is 1. The van der Waals surface area contributed by atoms with E-state index in [1.54, 1.807) is 0 Å². The summed E-state index contributed by atoms with van der Waals surface area (Å²) in [5.74, 6) is 1.14. The van der Waals surface area contributed by atoms with Gasteiger partial charge in [-0.1, -0.05) is 6.92 Å². The molecule has 0 bridgehead atoms. The van der Waals surface area contributed by atoms with Crippen LogP contribution in [0.3, 0.4) is 0 Å². The molecule has 2 rings (SSSR count). The Morgan fingerprint density at radius 2 is 1.94 bits per heavy atom. The van der Waals surface area contributed by atoms with Crippen LogP contribution in [0.1, 0.15) is 18.2 Å². The van der Waals surface area contributed by atoms with Crippen LogP contribution in [0.5, 0.6) is 0 Å². The van der Waals surface area contributed by atoms with E-state index >= 15 is 0 Å². The van der Waals surface area contributed by atoms with E-state index in [0.29, 0.717) is 0 Å². The number of aryl methyl sites for hydroxylation is 1. The van der Waals surface area contributed by atoms with Crippen LogP contribution in [-0.4, -0.2) is 49.7 Å². The van der Waals surface area contributed by atoms with Crippen molar-refractivity contribution in [3.05, 3.63) is 23.4 Å². The van der Waals surface area contributed by atoms with Crippen LogP contribution in [0.15, 0.2) is 12.1 Å². The molecule has 1 saturated heterocycles. The molecule has 0 unspecified atom stereocenters. The summed E-state index contributed by atoms with van der Waals surface area (Å²) in [5.41, 5.74) is 2.44. The van der Waals surface area contributed by atoms with Crippen molar-refractivity contribution < 1.29 is 0 Å². The molecule has 1 aromatic heterocycles. The van der Waals surface area contributed by atoms with E-state index in [9.17, 15) is 0 Å². The fraction of sp³-hybridized carbons (Fsp3) is 0.643. The highest BCUT2D eigenvalue weighted by Gasteiger charge is 2.15. The Labute approximate surface area is 110 Å². The summed E-state index contributed by atoms with van der Waals surface area (Å²) < 4.78 is 0. The van der Waals surface area contributed by atoms with E-state index in [1.807, 2.05) is 0 Å². The molecule has 1 aromatic rings. The predicted molar refractivity (Wildman–Crippen MR) is 76.1 cm³/mol. The lowest BCUT2D eigenvalue weighted by molar-refractivity contribution is 0.312. The molecule has 1 fully saturated rings. The fourth-order valence-electron chi connectivity index (χ4n) is 2.29. The van der Waals surface area contributed by atoms with Crippen molar-refractivity contribution in [1.82, 2.24) is 15.2 Å². The van der Waals surface area contributed by atoms with Crippen molar-refractivity contribution in [3.63, 3.8) is 0 Å². The van der Waals surface area contributed by atoms with Crippen molar-refractivity contribution in [1.29, 1.82) is 0 Å². The molecule has 2 heterocycles. The maximum atomic E-state index is 4.67. The van der Waals surface area contributed by atoms with Crippen LogP contribution < -0.4 is 10.2 Å². The number of rotatable bonds is 4. The van der Waals surface area contributed by atoms with E-state index in [-0.39, 0.29) is 0 Å². The van der Waals surface area contributed by atoms with Gasteiger partial charge in [-0.3, -0.25) is 0 Å². The minimum atomic E-state index is 0.931. The molecule has 0 spiro atoms. The molecule has 1 aliphatic rings. The summed E-state index contributed by atoms with van der Waals surface area (Å²) in [6.45, 7) is 10.5.